The number of nitrogens with one attached hydrogen (secondary N) is 1. The molecule has 1 aliphatic rings. The van der Waals surface area contributed by atoms with E-state index in [2.05, 4.69) is 19.9 Å². The van der Waals surface area contributed by atoms with Crippen molar-refractivity contribution in [2.45, 2.75) is 44.4 Å². The molecule has 1 saturated heterocycles. The van der Waals surface area contributed by atoms with Crippen molar-refractivity contribution in [2.75, 3.05) is 6.54 Å². The molecule has 5 nitrogen and oxygen atoms in total. The van der Waals surface area contributed by atoms with Crippen LogP contribution in [-0.2, 0) is 6.54 Å². The van der Waals surface area contributed by atoms with Crippen LogP contribution in [0.25, 0.3) is 11.2 Å². The highest BCUT2D eigenvalue weighted by molar-refractivity contribution is 6.29. The van der Waals surface area contributed by atoms with Gasteiger partial charge in [-0.05, 0) is 44.4 Å². The zero-order valence-electron chi connectivity index (χ0n) is 11.3. The van der Waals surface area contributed by atoms with Gasteiger partial charge in [0.05, 0.1) is 17.9 Å². The second kappa shape index (κ2) is 6.08. The number of hydrogen-bond acceptors (Lipinski definition) is 4. The van der Waals surface area contributed by atoms with E-state index in [0.29, 0.717) is 10.8 Å². The van der Waals surface area contributed by atoms with Crippen LogP contribution in [0, 0.1) is 0 Å². The van der Waals surface area contributed by atoms with Crippen LogP contribution < -0.4 is 5.32 Å². The van der Waals surface area contributed by atoms with E-state index in [4.69, 9.17) is 11.6 Å². The summed E-state index contributed by atoms with van der Waals surface area (Å²) in [6.45, 7) is 1.89. The summed E-state index contributed by atoms with van der Waals surface area (Å²) in [5.41, 5.74) is 1.69. The fourth-order valence-electron chi connectivity index (χ4n) is 2.81. The molecule has 108 valence electrons. The number of halogens is 1. The summed E-state index contributed by atoms with van der Waals surface area (Å²) in [5.74, 6) is 0. The molecule has 0 radical (unpaired) electrons. The summed E-state index contributed by atoms with van der Waals surface area (Å²) >= 11 is 5.85. The number of aryl methyl sites for hydroxylation is 1. The number of piperidine rings is 1. The van der Waals surface area contributed by atoms with Gasteiger partial charge >= 0.3 is 0 Å². The van der Waals surface area contributed by atoms with Crippen molar-refractivity contribution in [3.8, 4) is 0 Å². The van der Waals surface area contributed by atoms with Crippen molar-refractivity contribution in [1.82, 2.24) is 19.9 Å². The molecule has 3 heterocycles. The summed E-state index contributed by atoms with van der Waals surface area (Å²) in [6.07, 6.45) is 5.55. The van der Waals surface area contributed by atoms with Crippen molar-refractivity contribution in [3.63, 3.8) is 0 Å². The number of aromatic nitrogens is 3. The van der Waals surface area contributed by atoms with Gasteiger partial charge in [0.2, 0.25) is 0 Å². The third-order valence-electron chi connectivity index (χ3n) is 3.91. The molecule has 2 unspecified atom stereocenters. The van der Waals surface area contributed by atoms with E-state index < -0.39 is 0 Å². The Morgan fingerprint density at radius 1 is 1.45 bits per heavy atom. The van der Waals surface area contributed by atoms with E-state index in [0.717, 1.165) is 44.3 Å². The van der Waals surface area contributed by atoms with E-state index in [1.54, 1.807) is 12.4 Å². The van der Waals surface area contributed by atoms with Crippen LogP contribution in [0.15, 0.2) is 18.5 Å². The third kappa shape index (κ3) is 2.95. The molecule has 20 heavy (non-hydrogen) atoms. The average Bonchev–Trinajstić information content (AvgIpc) is 2.83. The fourth-order valence-corrected chi connectivity index (χ4v) is 2.96. The Balaban J connectivity index is 1.59. The van der Waals surface area contributed by atoms with Crippen molar-refractivity contribution < 1.29 is 5.11 Å². The second-order valence-corrected chi connectivity index (χ2v) is 5.71. The monoisotopic (exact) mass is 294 g/mol. The van der Waals surface area contributed by atoms with Crippen LogP contribution in [0.5, 0.6) is 0 Å². The van der Waals surface area contributed by atoms with E-state index >= 15 is 0 Å². The average molecular weight is 295 g/mol. The van der Waals surface area contributed by atoms with E-state index in [1.165, 1.54) is 0 Å². The van der Waals surface area contributed by atoms with Gasteiger partial charge in [0.25, 0.3) is 0 Å². The molecule has 0 aliphatic carbocycles. The molecule has 2 atom stereocenters. The molecule has 0 amide bonds. The van der Waals surface area contributed by atoms with Crippen molar-refractivity contribution in [2.24, 2.45) is 0 Å². The van der Waals surface area contributed by atoms with Gasteiger partial charge in [-0.1, -0.05) is 11.6 Å². The molecule has 2 aromatic rings. The van der Waals surface area contributed by atoms with E-state index in [1.807, 2.05) is 6.07 Å². The second-order valence-electron chi connectivity index (χ2n) is 5.33. The molecule has 1 fully saturated rings. The molecule has 2 N–H and O–H groups in total. The van der Waals surface area contributed by atoms with Gasteiger partial charge in [0.15, 0.2) is 5.65 Å². The van der Waals surface area contributed by atoms with Crippen LogP contribution in [0.4, 0.5) is 0 Å². The van der Waals surface area contributed by atoms with Gasteiger partial charge in [-0.15, -0.1) is 0 Å². The standard InChI is InChI=1S/C14H19ClN4O/c15-13-6-5-11-14(18-13)17-9-19(11)8-2-3-10-12(20)4-1-7-16-10/h5-6,9-10,12,16,20H,1-4,7-8H2. The maximum atomic E-state index is 9.92. The van der Waals surface area contributed by atoms with Crippen LogP contribution in [0.1, 0.15) is 25.7 Å². The molecule has 0 saturated carbocycles. The van der Waals surface area contributed by atoms with Crippen LogP contribution >= 0.6 is 11.6 Å². The normalized spacial score (nSPS) is 23.3. The van der Waals surface area contributed by atoms with Crippen molar-refractivity contribution in [3.05, 3.63) is 23.6 Å². The molecule has 6 heteroatoms. The lowest BCUT2D eigenvalue weighted by Gasteiger charge is -2.28. The summed E-state index contributed by atoms with van der Waals surface area (Å²) in [5, 5.41) is 13.8. The van der Waals surface area contributed by atoms with Crippen LogP contribution in [0.3, 0.4) is 0 Å². The Morgan fingerprint density at radius 2 is 2.35 bits per heavy atom. The molecule has 0 aromatic carbocycles. The highest BCUT2D eigenvalue weighted by Gasteiger charge is 2.21. The van der Waals surface area contributed by atoms with Gasteiger partial charge in [-0.3, -0.25) is 0 Å². The Bertz CT molecular complexity index is 586. The first-order chi connectivity index (χ1) is 9.74. The lowest BCUT2D eigenvalue weighted by Crippen LogP contribution is -2.44. The number of aliphatic hydroxyl groups is 1. The molecular weight excluding hydrogens is 276 g/mol. The molecule has 2 aromatic heterocycles. The van der Waals surface area contributed by atoms with E-state index in [-0.39, 0.29) is 12.1 Å². The van der Waals surface area contributed by atoms with Gasteiger partial charge in [0, 0.05) is 12.6 Å². The van der Waals surface area contributed by atoms with E-state index in [9.17, 15) is 5.11 Å². The minimum absolute atomic E-state index is 0.205. The number of nitrogens with zero attached hydrogens (tertiary/aromatic N) is 3. The summed E-state index contributed by atoms with van der Waals surface area (Å²) in [6, 6.07) is 3.96. The Morgan fingerprint density at radius 3 is 3.20 bits per heavy atom. The van der Waals surface area contributed by atoms with Gasteiger partial charge in [0.1, 0.15) is 5.15 Å². The Kier molecular flexibility index (Phi) is 4.19. The topological polar surface area (TPSA) is 63.0 Å². The first-order valence-electron chi connectivity index (χ1n) is 7.13. The van der Waals surface area contributed by atoms with Gasteiger partial charge in [-0.25, -0.2) is 9.97 Å². The Labute approximate surface area is 123 Å². The minimum Gasteiger partial charge on any atom is -0.392 e. The number of aliphatic hydroxyl groups excluding tert-OH is 1. The molecule has 0 spiro atoms. The third-order valence-corrected chi connectivity index (χ3v) is 4.12. The first kappa shape index (κ1) is 13.8. The summed E-state index contributed by atoms with van der Waals surface area (Å²) < 4.78 is 2.09. The number of hydrogen-bond donors (Lipinski definition) is 2. The van der Waals surface area contributed by atoms with Gasteiger partial charge in [-0.2, -0.15) is 0 Å². The highest BCUT2D eigenvalue weighted by atomic mass is 35.5. The Hall–Kier alpha value is -1.17. The number of fused-ring (bicyclic) bond motifs is 1. The quantitative estimate of drug-likeness (QED) is 0.847. The maximum absolute atomic E-state index is 9.92. The predicted octanol–water partition coefficient (Wildman–Crippen LogP) is 1.98. The maximum Gasteiger partial charge on any atom is 0.179 e. The largest absolute Gasteiger partial charge is 0.392 e. The van der Waals surface area contributed by atoms with Gasteiger partial charge < -0.3 is 15.0 Å². The highest BCUT2D eigenvalue weighted by Crippen LogP contribution is 2.17. The number of pyridine rings is 1. The SMILES string of the molecule is OC1CCCNC1CCCn1cnc2nc(Cl)ccc21. The zero-order valence-corrected chi connectivity index (χ0v) is 12.1. The number of imidazole rings is 1. The predicted molar refractivity (Wildman–Crippen MR) is 78.8 cm³/mol. The summed E-state index contributed by atoms with van der Waals surface area (Å²) in [7, 11) is 0. The molecular formula is C14H19ClN4O. The summed E-state index contributed by atoms with van der Waals surface area (Å²) in [4.78, 5) is 8.45. The zero-order chi connectivity index (χ0) is 13.9. The van der Waals surface area contributed by atoms with Crippen LogP contribution in [0.2, 0.25) is 5.15 Å². The molecule has 3 rings (SSSR count). The van der Waals surface area contributed by atoms with Crippen LogP contribution in [-0.4, -0.2) is 38.3 Å². The smallest absolute Gasteiger partial charge is 0.179 e. The lowest BCUT2D eigenvalue weighted by atomic mass is 9.97. The van der Waals surface area contributed by atoms with Crippen molar-refractivity contribution >= 4 is 22.8 Å². The number of rotatable bonds is 4. The van der Waals surface area contributed by atoms with Crippen molar-refractivity contribution in [1.29, 1.82) is 0 Å². The first-order valence-corrected chi connectivity index (χ1v) is 7.50. The molecule has 0 bridgehead atoms. The minimum atomic E-state index is -0.205. The lowest BCUT2D eigenvalue weighted by molar-refractivity contribution is 0.0909. The molecule has 1 aliphatic heterocycles. The fraction of sp³-hybridized carbons (Fsp3) is 0.571.